The molecule has 0 saturated carbocycles. The van der Waals surface area contributed by atoms with Crippen molar-refractivity contribution in [1.82, 2.24) is 0 Å². The first-order chi connectivity index (χ1) is 10.1. The molecule has 21 heavy (non-hydrogen) atoms. The molecule has 0 bridgehead atoms. The highest BCUT2D eigenvalue weighted by Crippen LogP contribution is 2.23. The summed E-state index contributed by atoms with van der Waals surface area (Å²) in [5, 5.41) is 2.85. The van der Waals surface area contributed by atoms with Crippen molar-refractivity contribution >= 4 is 17.6 Å². The second-order valence-corrected chi connectivity index (χ2v) is 3.84. The minimum atomic E-state index is -0.738. The molecule has 0 amide bonds. The second-order valence-electron chi connectivity index (χ2n) is 3.84. The predicted molar refractivity (Wildman–Crippen MR) is 78.0 cm³/mol. The van der Waals surface area contributed by atoms with Crippen molar-refractivity contribution in [2.24, 2.45) is 0 Å². The van der Waals surface area contributed by atoms with E-state index in [0.717, 1.165) is 0 Å². The third-order valence-corrected chi connectivity index (χ3v) is 2.47. The first-order valence-electron chi connectivity index (χ1n) is 6.58. The molecule has 0 spiro atoms. The van der Waals surface area contributed by atoms with Crippen LogP contribution in [0.15, 0.2) is 36.0 Å². The quantitative estimate of drug-likeness (QED) is 0.359. The average Bonchev–Trinajstić information content (AvgIpc) is 2.48. The minimum absolute atomic E-state index is 0.171. The first-order valence-corrected chi connectivity index (χ1v) is 6.58. The summed E-state index contributed by atoms with van der Waals surface area (Å²) >= 11 is 0. The molecule has 1 aromatic rings. The van der Waals surface area contributed by atoms with E-state index in [0.29, 0.717) is 11.4 Å². The lowest BCUT2D eigenvalue weighted by molar-refractivity contribution is -0.146. The first kappa shape index (κ1) is 16.6. The van der Waals surface area contributed by atoms with Gasteiger partial charge in [-0.1, -0.05) is 12.1 Å². The van der Waals surface area contributed by atoms with Crippen LogP contribution in [0.5, 0.6) is 5.75 Å². The summed E-state index contributed by atoms with van der Waals surface area (Å²) in [6, 6.07) is 7.12. The summed E-state index contributed by atoms with van der Waals surface area (Å²) < 4.78 is 14.8. The summed E-state index contributed by atoms with van der Waals surface area (Å²) in [6.45, 7) is 3.66. The highest BCUT2D eigenvalue weighted by molar-refractivity contribution is 6.14. The number of esters is 2. The van der Waals surface area contributed by atoms with Crippen LogP contribution < -0.4 is 10.1 Å². The van der Waals surface area contributed by atoms with Crippen molar-refractivity contribution < 1.29 is 23.8 Å². The van der Waals surface area contributed by atoms with Crippen molar-refractivity contribution in [2.45, 2.75) is 13.8 Å². The van der Waals surface area contributed by atoms with Crippen molar-refractivity contribution in [3.8, 4) is 5.75 Å². The molecule has 0 aliphatic rings. The highest BCUT2D eigenvalue weighted by Gasteiger charge is 2.21. The smallest absolute Gasteiger partial charge is 0.347 e. The number of nitrogens with one attached hydrogen (secondary N) is 1. The molecule has 6 nitrogen and oxygen atoms in total. The lowest BCUT2D eigenvalue weighted by Gasteiger charge is -2.10. The van der Waals surface area contributed by atoms with Crippen LogP contribution >= 0.6 is 0 Å². The number of hydrogen-bond acceptors (Lipinski definition) is 6. The molecule has 0 atom stereocenters. The van der Waals surface area contributed by atoms with Gasteiger partial charge in [0.1, 0.15) is 5.75 Å². The zero-order valence-electron chi connectivity index (χ0n) is 12.3. The van der Waals surface area contributed by atoms with Crippen LogP contribution in [0.25, 0.3) is 0 Å². The van der Waals surface area contributed by atoms with Crippen LogP contribution in [0.3, 0.4) is 0 Å². The zero-order chi connectivity index (χ0) is 15.7. The molecule has 0 aliphatic heterocycles. The summed E-state index contributed by atoms with van der Waals surface area (Å²) in [6.07, 6.45) is 1.26. The number of carbonyl (C=O) groups excluding carboxylic acids is 2. The van der Waals surface area contributed by atoms with Gasteiger partial charge in [-0.3, -0.25) is 0 Å². The topological polar surface area (TPSA) is 73.9 Å². The monoisotopic (exact) mass is 293 g/mol. The van der Waals surface area contributed by atoms with E-state index in [4.69, 9.17) is 14.2 Å². The van der Waals surface area contributed by atoms with E-state index >= 15 is 0 Å². The number of ether oxygens (including phenoxy) is 3. The number of para-hydroxylation sites is 2. The van der Waals surface area contributed by atoms with E-state index in [1.54, 1.807) is 32.0 Å². The van der Waals surface area contributed by atoms with Gasteiger partial charge in [0.2, 0.25) is 0 Å². The Kier molecular flexibility index (Phi) is 6.80. The minimum Gasteiger partial charge on any atom is -0.495 e. The lowest BCUT2D eigenvalue weighted by atomic mass is 10.2. The van der Waals surface area contributed by atoms with Crippen molar-refractivity contribution in [1.29, 1.82) is 0 Å². The van der Waals surface area contributed by atoms with Gasteiger partial charge in [-0.2, -0.15) is 0 Å². The summed E-state index contributed by atoms with van der Waals surface area (Å²) in [7, 11) is 1.53. The fraction of sp³-hybridized carbons (Fsp3) is 0.333. The van der Waals surface area contributed by atoms with Gasteiger partial charge in [0.05, 0.1) is 26.0 Å². The van der Waals surface area contributed by atoms with Gasteiger partial charge < -0.3 is 19.5 Å². The molecule has 1 rings (SSSR count). The van der Waals surface area contributed by atoms with Crippen LogP contribution in [0.2, 0.25) is 0 Å². The van der Waals surface area contributed by atoms with E-state index in [2.05, 4.69) is 5.32 Å². The van der Waals surface area contributed by atoms with Crippen molar-refractivity contribution in [2.75, 3.05) is 25.6 Å². The van der Waals surface area contributed by atoms with E-state index in [1.807, 2.05) is 6.07 Å². The number of anilines is 1. The van der Waals surface area contributed by atoms with Gasteiger partial charge in [0, 0.05) is 6.20 Å². The number of benzene rings is 1. The molecule has 6 heteroatoms. The van der Waals surface area contributed by atoms with Gasteiger partial charge in [-0.25, -0.2) is 9.59 Å². The molecule has 0 aliphatic carbocycles. The van der Waals surface area contributed by atoms with Crippen LogP contribution in [0.1, 0.15) is 13.8 Å². The summed E-state index contributed by atoms with van der Waals surface area (Å²) in [4.78, 5) is 23.5. The molecule has 0 unspecified atom stereocenters. The number of rotatable bonds is 7. The van der Waals surface area contributed by atoms with Crippen molar-refractivity contribution in [3.05, 3.63) is 36.0 Å². The van der Waals surface area contributed by atoms with E-state index in [9.17, 15) is 9.59 Å². The summed E-state index contributed by atoms with van der Waals surface area (Å²) in [5.74, 6) is -0.891. The maximum absolute atomic E-state index is 11.8. The maximum atomic E-state index is 11.8. The van der Waals surface area contributed by atoms with Crippen LogP contribution in [-0.2, 0) is 19.1 Å². The molecule has 0 heterocycles. The maximum Gasteiger partial charge on any atom is 0.347 e. The Morgan fingerprint density at radius 2 is 1.67 bits per heavy atom. The predicted octanol–water partition coefficient (Wildman–Crippen LogP) is 2.12. The highest BCUT2D eigenvalue weighted by atomic mass is 16.6. The Bertz CT molecular complexity index is 505. The van der Waals surface area contributed by atoms with Gasteiger partial charge in [-0.05, 0) is 26.0 Å². The number of methoxy groups -OCH3 is 1. The molecule has 1 N–H and O–H groups in total. The molecule has 114 valence electrons. The summed E-state index contributed by atoms with van der Waals surface area (Å²) in [5.41, 5.74) is 0.413. The SMILES string of the molecule is CCOC(=O)C(=CNc1ccccc1OC)C(=O)OCC. The lowest BCUT2D eigenvalue weighted by Crippen LogP contribution is -2.19. The number of carbonyl (C=O) groups is 2. The molecule has 0 fully saturated rings. The van der Waals surface area contributed by atoms with E-state index in [-0.39, 0.29) is 18.8 Å². The second kappa shape index (κ2) is 8.63. The third-order valence-electron chi connectivity index (χ3n) is 2.47. The standard InChI is InChI=1S/C15H19NO5/c1-4-20-14(17)11(15(18)21-5-2)10-16-12-8-6-7-9-13(12)19-3/h6-10,16H,4-5H2,1-3H3. The fourth-order valence-electron chi connectivity index (χ4n) is 1.53. The Hall–Kier alpha value is -2.50. The van der Waals surface area contributed by atoms with Gasteiger partial charge in [0.25, 0.3) is 0 Å². The van der Waals surface area contributed by atoms with Gasteiger partial charge in [-0.15, -0.1) is 0 Å². The third kappa shape index (κ3) is 4.83. The Labute approximate surface area is 123 Å². The molecular formula is C15H19NO5. The number of hydrogen-bond donors (Lipinski definition) is 1. The average molecular weight is 293 g/mol. The molecule has 0 saturated heterocycles. The van der Waals surface area contributed by atoms with Gasteiger partial charge >= 0.3 is 11.9 Å². The van der Waals surface area contributed by atoms with Crippen molar-refractivity contribution in [3.63, 3.8) is 0 Å². The Morgan fingerprint density at radius 3 is 2.19 bits per heavy atom. The van der Waals surface area contributed by atoms with E-state index < -0.39 is 11.9 Å². The molecule has 0 aromatic heterocycles. The van der Waals surface area contributed by atoms with E-state index in [1.165, 1.54) is 13.3 Å². The van der Waals surface area contributed by atoms with Gasteiger partial charge in [0.15, 0.2) is 5.57 Å². The Morgan fingerprint density at radius 1 is 1.10 bits per heavy atom. The molecular weight excluding hydrogens is 274 g/mol. The normalized spacial score (nSPS) is 9.48. The fourth-order valence-corrected chi connectivity index (χ4v) is 1.53. The zero-order valence-corrected chi connectivity index (χ0v) is 12.3. The van der Waals surface area contributed by atoms with Crippen LogP contribution in [0, 0.1) is 0 Å². The van der Waals surface area contributed by atoms with Crippen LogP contribution in [0.4, 0.5) is 5.69 Å². The largest absolute Gasteiger partial charge is 0.495 e. The van der Waals surface area contributed by atoms with Crippen LogP contribution in [-0.4, -0.2) is 32.3 Å². The Balaban J connectivity index is 2.97. The molecule has 1 aromatic carbocycles. The molecule has 0 radical (unpaired) electrons.